The van der Waals surface area contributed by atoms with Crippen LogP contribution in [0.25, 0.3) is 0 Å². The molecule has 0 aromatic carbocycles. The number of nitrogens with zero attached hydrogens (tertiary/aromatic N) is 2. The fraction of sp³-hybridized carbons (Fsp3) is 0.600. The van der Waals surface area contributed by atoms with Crippen LogP contribution in [0.2, 0.25) is 0 Å². The zero-order chi connectivity index (χ0) is 13.9. The summed E-state index contributed by atoms with van der Waals surface area (Å²) in [7, 11) is 0. The highest BCUT2D eigenvalue weighted by atomic mass is 15.0. The second-order valence-electron chi connectivity index (χ2n) is 4.86. The molecule has 0 saturated heterocycles. The standard InChI is InChI=1S/C15H24N4/c1-2-3-4-5-13(6-8-16)12-19-15-10-14(11-17)7-9-18-15/h7,9-10,13H,2-6,8,12,16H2,1H3,(H,18,19). The maximum absolute atomic E-state index is 8.84. The number of anilines is 1. The third kappa shape index (κ3) is 6.21. The van der Waals surface area contributed by atoms with Gasteiger partial charge in [-0.15, -0.1) is 0 Å². The van der Waals surface area contributed by atoms with Crippen molar-refractivity contribution in [2.45, 2.75) is 39.0 Å². The van der Waals surface area contributed by atoms with E-state index in [0.29, 0.717) is 11.5 Å². The summed E-state index contributed by atoms with van der Waals surface area (Å²) in [6.45, 7) is 3.82. The summed E-state index contributed by atoms with van der Waals surface area (Å²) in [5.41, 5.74) is 6.30. The summed E-state index contributed by atoms with van der Waals surface area (Å²) in [5, 5.41) is 12.2. The lowest BCUT2D eigenvalue weighted by Gasteiger charge is -2.17. The highest BCUT2D eigenvalue weighted by Gasteiger charge is 2.08. The Bertz CT molecular complexity index is 397. The van der Waals surface area contributed by atoms with Crippen LogP contribution in [0.1, 0.15) is 44.6 Å². The summed E-state index contributed by atoms with van der Waals surface area (Å²) in [6, 6.07) is 5.62. The van der Waals surface area contributed by atoms with Crippen molar-refractivity contribution in [2.24, 2.45) is 11.7 Å². The predicted molar refractivity (Wildman–Crippen MR) is 78.7 cm³/mol. The summed E-state index contributed by atoms with van der Waals surface area (Å²) in [6.07, 6.45) is 7.69. The van der Waals surface area contributed by atoms with Gasteiger partial charge in [0.15, 0.2) is 0 Å². The second-order valence-corrected chi connectivity index (χ2v) is 4.86. The van der Waals surface area contributed by atoms with Crippen molar-refractivity contribution >= 4 is 5.82 Å². The van der Waals surface area contributed by atoms with Gasteiger partial charge in [-0.1, -0.05) is 26.2 Å². The van der Waals surface area contributed by atoms with Gasteiger partial charge < -0.3 is 11.1 Å². The van der Waals surface area contributed by atoms with Crippen molar-refractivity contribution in [2.75, 3.05) is 18.4 Å². The van der Waals surface area contributed by atoms with Gasteiger partial charge in [0.05, 0.1) is 11.6 Å². The first-order valence-electron chi connectivity index (χ1n) is 7.10. The van der Waals surface area contributed by atoms with Gasteiger partial charge in [0, 0.05) is 12.7 Å². The molecule has 1 aromatic heterocycles. The predicted octanol–water partition coefficient (Wildman–Crippen LogP) is 2.91. The van der Waals surface area contributed by atoms with Crippen molar-refractivity contribution in [3.05, 3.63) is 23.9 Å². The van der Waals surface area contributed by atoms with Crippen molar-refractivity contribution in [1.29, 1.82) is 5.26 Å². The normalized spacial score (nSPS) is 11.8. The van der Waals surface area contributed by atoms with E-state index in [1.165, 1.54) is 25.7 Å². The second kappa shape index (κ2) is 9.35. The average molecular weight is 260 g/mol. The third-order valence-corrected chi connectivity index (χ3v) is 3.25. The first-order valence-corrected chi connectivity index (χ1v) is 7.10. The third-order valence-electron chi connectivity index (χ3n) is 3.25. The molecule has 0 saturated carbocycles. The van der Waals surface area contributed by atoms with E-state index in [4.69, 9.17) is 11.0 Å². The molecule has 4 nitrogen and oxygen atoms in total. The number of nitrogens with two attached hydrogens (primary N) is 1. The SMILES string of the molecule is CCCCCC(CCN)CNc1cc(C#N)ccn1. The highest BCUT2D eigenvalue weighted by molar-refractivity contribution is 5.42. The van der Waals surface area contributed by atoms with Gasteiger partial charge in [0.2, 0.25) is 0 Å². The van der Waals surface area contributed by atoms with Crippen molar-refractivity contribution < 1.29 is 0 Å². The molecule has 1 aromatic rings. The Morgan fingerprint density at radius 1 is 1.42 bits per heavy atom. The van der Waals surface area contributed by atoms with E-state index < -0.39 is 0 Å². The van der Waals surface area contributed by atoms with E-state index in [1.54, 1.807) is 18.3 Å². The molecule has 19 heavy (non-hydrogen) atoms. The van der Waals surface area contributed by atoms with E-state index in [0.717, 1.165) is 25.3 Å². The van der Waals surface area contributed by atoms with Crippen LogP contribution in [0.4, 0.5) is 5.82 Å². The van der Waals surface area contributed by atoms with Crippen LogP contribution >= 0.6 is 0 Å². The summed E-state index contributed by atoms with van der Waals surface area (Å²) in [4.78, 5) is 4.22. The van der Waals surface area contributed by atoms with Crippen LogP contribution in [0.15, 0.2) is 18.3 Å². The Labute approximate surface area is 116 Å². The Morgan fingerprint density at radius 2 is 2.26 bits per heavy atom. The van der Waals surface area contributed by atoms with Crippen LogP contribution in [0.3, 0.4) is 0 Å². The Balaban J connectivity index is 2.43. The number of rotatable bonds is 9. The van der Waals surface area contributed by atoms with Gasteiger partial charge in [0.1, 0.15) is 5.82 Å². The lowest BCUT2D eigenvalue weighted by molar-refractivity contribution is 0.452. The Hall–Kier alpha value is -1.60. The molecule has 3 N–H and O–H groups in total. The topological polar surface area (TPSA) is 74.7 Å². The van der Waals surface area contributed by atoms with E-state index in [2.05, 4.69) is 23.3 Å². The molecule has 0 aliphatic rings. The fourth-order valence-corrected chi connectivity index (χ4v) is 2.11. The molecule has 0 bridgehead atoms. The van der Waals surface area contributed by atoms with Crippen LogP contribution in [0.5, 0.6) is 0 Å². The quantitative estimate of drug-likeness (QED) is 0.669. The molecule has 0 amide bonds. The van der Waals surface area contributed by atoms with E-state index in [1.807, 2.05) is 0 Å². The minimum absolute atomic E-state index is 0.587. The maximum atomic E-state index is 8.84. The summed E-state index contributed by atoms with van der Waals surface area (Å²) >= 11 is 0. The summed E-state index contributed by atoms with van der Waals surface area (Å²) < 4.78 is 0. The van der Waals surface area contributed by atoms with Crippen LogP contribution < -0.4 is 11.1 Å². The first-order chi connectivity index (χ1) is 9.30. The van der Waals surface area contributed by atoms with Gasteiger partial charge in [-0.3, -0.25) is 0 Å². The van der Waals surface area contributed by atoms with Gasteiger partial charge in [-0.2, -0.15) is 5.26 Å². The molecule has 0 aliphatic carbocycles. The first kappa shape index (κ1) is 15.5. The van der Waals surface area contributed by atoms with Gasteiger partial charge in [0.25, 0.3) is 0 Å². The zero-order valence-electron chi connectivity index (χ0n) is 11.7. The van der Waals surface area contributed by atoms with Crippen molar-refractivity contribution in [3.63, 3.8) is 0 Å². The number of unbranched alkanes of at least 4 members (excludes halogenated alkanes) is 2. The highest BCUT2D eigenvalue weighted by Crippen LogP contribution is 2.15. The van der Waals surface area contributed by atoms with Crippen molar-refractivity contribution in [3.8, 4) is 6.07 Å². The Morgan fingerprint density at radius 3 is 2.95 bits per heavy atom. The van der Waals surface area contributed by atoms with Crippen LogP contribution in [-0.2, 0) is 0 Å². The molecule has 0 spiro atoms. The average Bonchev–Trinajstić information content (AvgIpc) is 2.45. The van der Waals surface area contributed by atoms with Gasteiger partial charge in [-0.05, 0) is 37.4 Å². The molecule has 0 fully saturated rings. The number of nitrogens with one attached hydrogen (secondary N) is 1. The van der Waals surface area contributed by atoms with E-state index in [9.17, 15) is 0 Å². The summed E-state index contributed by atoms with van der Waals surface area (Å²) in [5.74, 6) is 1.36. The Kier molecular flexibility index (Phi) is 7.60. The molecule has 0 radical (unpaired) electrons. The molecule has 1 heterocycles. The molecule has 1 unspecified atom stereocenters. The maximum Gasteiger partial charge on any atom is 0.127 e. The molecule has 4 heteroatoms. The minimum Gasteiger partial charge on any atom is -0.370 e. The number of nitriles is 1. The van der Waals surface area contributed by atoms with Crippen molar-refractivity contribution in [1.82, 2.24) is 4.98 Å². The molecule has 0 aliphatic heterocycles. The van der Waals surface area contributed by atoms with E-state index in [-0.39, 0.29) is 0 Å². The minimum atomic E-state index is 0.587. The monoisotopic (exact) mass is 260 g/mol. The van der Waals surface area contributed by atoms with E-state index >= 15 is 0 Å². The van der Waals surface area contributed by atoms with Gasteiger partial charge in [-0.25, -0.2) is 4.98 Å². The lowest BCUT2D eigenvalue weighted by Crippen LogP contribution is -2.18. The molecular weight excluding hydrogens is 236 g/mol. The largest absolute Gasteiger partial charge is 0.370 e. The zero-order valence-corrected chi connectivity index (χ0v) is 11.7. The van der Waals surface area contributed by atoms with Gasteiger partial charge >= 0.3 is 0 Å². The number of hydrogen-bond acceptors (Lipinski definition) is 4. The number of hydrogen-bond donors (Lipinski definition) is 2. The molecule has 1 rings (SSSR count). The molecule has 1 atom stereocenters. The smallest absolute Gasteiger partial charge is 0.127 e. The molecular formula is C15H24N4. The van der Waals surface area contributed by atoms with Crippen LogP contribution in [-0.4, -0.2) is 18.1 Å². The fourth-order valence-electron chi connectivity index (χ4n) is 2.11. The van der Waals surface area contributed by atoms with Crippen LogP contribution in [0, 0.1) is 17.2 Å². The number of pyridine rings is 1. The lowest BCUT2D eigenvalue weighted by atomic mass is 9.98. The molecule has 104 valence electrons. The number of aromatic nitrogens is 1.